The Balaban J connectivity index is 2.13. The summed E-state index contributed by atoms with van der Waals surface area (Å²) in [5.74, 6) is 1.15. The molecule has 2 aromatic rings. The zero-order valence-corrected chi connectivity index (χ0v) is 11.8. The molecule has 0 unspecified atom stereocenters. The van der Waals surface area contributed by atoms with Crippen LogP contribution in [-0.2, 0) is 6.42 Å². The van der Waals surface area contributed by atoms with Crippen LogP contribution in [0.3, 0.4) is 0 Å². The first-order valence-corrected chi connectivity index (χ1v) is 6.54. The number of rotatable bonds is 6. The van der Waals surface area contributed by atoms with Gasteiger partial charge in [0.05, 0.1) is 19.8 Å². The fraction of sp³-hybridized carbons (Fsp3) is 0.235. The molecule has 0 aliphatic rings. The van der Waals surface area contributed by atoms with Crippen molar-refractivity contribution < 1.29 is 14.3 Å². The van der Waals surface area contributed by atoms with Gasteiger partial charge in [-0.3, -0.25) is 4.79 Å². The van der Waals surface area contributed by atoms with Crippen LogP contribution in [0.15, 0.2) is 48.5 Å². The third-order valence-electron chi connectivity index (χ3n) is 3.19. The van der Waals surface area contributed by atoms with Gasteiger partial charge >= 0.3 is 0 Å². The Kier molecular flexibility index (Phi) is 4.77. The van der Waals surface area contributed by atoms with Crippen LogP contribution in [0.1, 0.15) is 22.3 Å². The van der Waals surface area contributed by atoms with Gasteiger partial charge in [-0.1, -0.05) is 36.4 Å². The number of benzene rings is 2. The lowest BCUT2D eigenvalue weighted by Crippen LogP contribution is -2.05. The van der Waals surface area contributed by atoms with Gasteiger partial charge in [0.25, 0.3) is 0 Å². The quantitative estimate of drug-likeness (QED) is 0.753. The van der Waals surface area contributed by atoms with Crippen LogP contribution in [0, 0.1) is 0 Å². The number of Topliss-reactive ketones (excluding diaryl/α,β-unsaturated/α-hetero) is 1. The maximum absolute atomic E-state index is 12.3. The first kappa shape index (κ1) is 14.1. The third-order valence-corrected chi connectivity index (χ3v) is 3.19. The van der Waals surface area contributed by atoms with Crippen molar-refractivity contribution >= 4 is 5.78 Å². The Morgan fingerprint density at radius 1 is 0.950 bits per heavy atom. The van der Waals surface area contributed by atoms with E-state index in [0.717, 1.165) is 12.0 Å². The molecule has 0 fully saturated rings. The van der Waals surface area contributed by atoms with Crippen LogP contribution < -0.4 is 9.47 Å². The maximum atomic E-state index is 12.3. The molecule has 0 radical (unpaired) electrons. The lowest BCUT2D eigenvalue weighted by atomic mass is 10.0. The van der Waals surface area contributed by atoms with E-state index in [9.17, 15) is 4.79 Å². The van der Waals surface area contributed by atoms with E-state index in [2.05, 4.69) is 0 Å². The van der Waals surface area contributed by atoms with Gasteiger partial charge in [-0.05, 0) is 24.1 Å². The molecule has 20 heavy (non-hydrogen) atoms. The molecule has 0 N–H and O–H groups in total. The summed E-state index contributed by atoms with van der Waals surface area (Å²) in [6.45, 7) is 0. The Morgan fingerprint density at radius 3 is 2.35 bits per heavy atom. The maximum Gasteiger partial charge on any atom is 0.171 e. The predicted octanol–water partition coefficient (Wildman–Crippen LogP) is 3.52. The normalized spacial score (nSPS) is 10.1. The summed E-state index contributed by atoms with van der Waals surface area (Å²) in [5.41, 5.74) is 1.73. The van der Waals surface area contributed by atoms with E-state index in [1.165, 1.54) is 0 Å². The Morgan fingerprint density at radius 2 is 1.70 bits per heavy atom. The Hall–Kier alpha value is -2.29. The van der Waals surface area contributed by atoms with Gasteiger partial charge in [-0.25, -0.2) is 0 Å². The van der Waals surface area contributed by atoms with Crippen molar-refractivity contribution in [2.45, 2.75) is 12.8 Å². The van der Waals surface area contributed by atoms with Crippen molar-refractivity contribution in [1.82, 2.24) is 0 Å². The second-order valence-electron chi connectivity index (χ2n) is 4.45. The van der Waals surface area contributed by atoms with Crippen LogP contribution >= 0.6 is 0 Å². The van der Waals surface area contributed by atoms with E-state index >= 15 is 0 Å². The molecule has 0 aliphatic carbocycles. The minimum Gasteiger partial charge on any atom is -0.493 e. The predicted molar refractivity (Wildman–Crippen MR) is 78.6 cm³/mol. The number of para-hydroxylation sites is 1. The minimum atomic E-state index is 0.0598. The monoisotopic (exact) mass is 270 g/mol. The molecule has 104 valence electrons. The Bertz CT molecular complexity index is 576. The average Bonchev–Trinajstić information content (AvgIpc) is 2.52. The van der Waals surface area contributed by atoms with Crippen molar-refractivity contribution in [2.75, 3.05) is 14.2 Å². The fourth-order valence-corrected chi connectivity index (χ4v) is 2.14. The van der Waals surface area contributed by atoms with Crippen LogP contribution in [-0.4, -0.2) is 20.0 Å². The summed E-state index contributed by atoms with van der Waals surface area (Å²) >= 11 is 0. The van der Waals surface area contributed by atoms with E-state index < -0.39 is 0 Å². The van der Waals surface area contributed by atoms with Gasteiger partial charge in [-0.2, -0.15) is 0 Å². The smallest absolute Gasteiger partial charge is 0.171 e. The van der Waals surface area contributed by atoms with E-state index in [4.69, 9.17) is 9.47 Å². The first-order valence-electron chi connectivity index (χ1n) is 6.54. The fourth-order valence-electron chi connectivity index (χ4n) is 2.14. The average molecular weight is 270 g/mol. The molecule has 3 nitrogen and oxygen atoms in total. The molecule has 0 saturated carbocycles. The molecule has 0 aromatic heterocycles. The highest BCUT2D eigenvalue weighted by Crippen LogP contribution is 2.31. The summed E-state index contributed by atoms with van der Waals surface area (Å²) in [6, 6.07) is 15.3. The molecular formula is C17H18O3. The second-order valence-corrected chi connectivity index (χ2v) is 4.45. The molecule has 2 rings (SSSR count). The van der Waals surface area contributed by atoms with Gasteiger partial charge in [0, 0.05) is 6.42 Å². The molecule has 0 heterocycles. The van der Waals surface area contributed by atoms with Crippen LogP contribution in [0.4, 0.5) is 0 Å². The third kappa shape index (κ3) is 3.18. The van der Waals surface area contributed by atoms with Gasteiger partial charge in [0.1, 0.15) is 0 Å². The highest BCUT2D eigenvalue weighted by atomic mass is 16.5. The number of carbonyl (C=O) groups excluding carboxylic acids is 1. The molecule has 0 atom stereocenters. The molecule has 0 bridgehead atoms. The van der Waals surface area contributed by atoms with Gasteiger partial charge in [-0.15, -0.1) is 0 Å². The molecule has 0 spiro atoms. The zero-order chi connectivity index (χ0) is 14.4. The second kappa shape index (κ2) is 6.75. The number of hydrogen-bond acceptors (Lipinski definition) is 3. The van der Waals surface area contributed by atoms with Crippen molar-refractivity contribution in [3.8, 4) is 11.5 Å². The molecule has 2 aromatic carbocycles. The van der Waals surface area contributed by atoms with E-state index in [0.29, 0.717) is 23.5 Å². The zero-order valence-electron chi connectivity index (χ0n) is 11.8. The topological polar surface area (TPSA) is 35.5 Å². The summed E-state index contributed by atoms with van der Waals surface area (Å²) < 4.78 is 10.5. The molecule has 0 saturated heterocycles. The first-order chi connectivity index (χ1) is 9.76. The number of carbonyl (C=O) groups is 1. The molecule has 0 amide bonds. The number of ketones is 1. The lowest BCUT2D eigenvalue weighted by Gasteiger charge is -2.11. The number of methoxy groups -OCH3 is 2. The standard InChI is InChI=1S/C17H18O3/c1-19-16-10-6-9-14(17(16)20-2)15(18)12-11-13-7-4-3-5-8-13/h3-10H,11-12H2,1-2H3. The lowest BCUT2D eigenvalue weighted by molar-refractivity contribution is 0.0979. The summed E-state index contributed by atoms with van der Waals surface area (Å²) in [5, 5.41) is 0. The van der Waals surface area contributed by atoms with E-state index in [1.54, 1.807) is 32.4 Å². The van der Waals surface area contributed by atoms with Crippen LogP contribution in [0.2, 0.25) is 0 Å². The highest BCUT2D eigenvalue weighted by molar-refractivity contribution is 5.99. The highest BCUT2D eigenvalue weighted by Gasteiger charge is 2.15. The van der Waals surface area contributed by atoms with Crippen molar-refractivity contribution in [3.63, 3.8) is 0 Å². The van der Waals surface area contributed by atoms with Crippen molar-refractivity contribution in [3.05, 3.63) is 59.7 Å². The SMILES string of the molecule is COc1cccc(C(=O)CCc2ccccc2)c1OC. The van der Waals surface area contributed by atoms with E-state index in [-0.39, 0.29) is 5.78 Å². The molecule has 0 aliphatic heterocycles. The van der Waals surface area contributed by atoms with Crippen LogP contribution in [0.5, 0.6) is 11.5 Å². The number of hydrogen-bond donors (Lipinski definition) is 0. The number of aryl methyl sites for hydroxylation is 1. The summed E-state index contributed by atoms with van der Waals surface area (Å²) in [6.07, 6.45) is 1.17. The largest absolute Gasteiger partial charge is 0.493 e. The molecular weight excluding hydrogens is 252 g/mol. The number of ether oxygens (including phenoxy) is 2. The van der Waals surface area contributed by atoms with Gasteiger partial charge in [0.2, 0.25) is 0 Å². The molecule has 3 heteroatoms. The van der Waals surface area contributed by atoms with Gasteiger partial charge < -0.3 is 9.47 Å². The Labute approximate surface area is 119 Å². The van der Waals surface area contributed by atoms with E-state index in [1.807, 2.05) is 30.3 Å². The minimum absolute atomic E-state index is 0.0598. The van der Waals surface area contributed by atoms with Crippen molar-refractivity contribution in [1.29, 1.82) is 0 Å². The van der Waals surface area contributed by atoms with Crippen LogP contribution in [0.25, 0.3) is 0 Å². The van der Waals surface area contributed by atoms with Crippen molar-refractivity contribution in [2.24, 2.45) is 0 Å². The van der Waals surface area contributed by atoms with Gasteiger partial charge in [0.15, 0.2) is 17.3 Å². The summed E-state index contributed by atoms with van der Waals surface area (Å²) in [4.78, 5) is 12.3. The summed E-state index contributed by atoms with van der Waals surface area (Å²) in [7, 11) is 3.11.